The highest BCUT2D eigenvalue weighted by Crippen LogP contribution is 2.63. The van der Waals surface area contributed by atoms with E-state index in [0.29, 0.717) is 44.6 Å². The number of halogens is 5. The second-order valence-electron chi connectivity index (χ2n) is 12.0. The van der Waals surface area contributed by atoms with Gasteiger partial charge in [-0.1, -0.05) is 59.6 Å². The molecule has 4 heterocycles. The minimum Gasteiger partial charge on any atom is -0.507 e. The monoisotopic (exact) mass is 700 g/mol. The van der Waals surface area contributed by atoms with Crippen LogP contribution < -0.4 is 16.8 Å². The molecule has 1 saturated heterocycles. The van der Waals surface area contributed by atoms with Crippen molar-refractivity contribution in [1.82, 2.24) is 23.9 Å². The fraction of sp³-hybridized carbons (Fsp3) is 0.281. The summed E-state index contributed by atoms with van der Waals surface area (Å²) >= 11 is 12.4. The molecule has 2 aromatic carbocycles. The van der Waals surface area contributed by atoms with Crippen molar-refractivity contribution in [3.63, 3.8) is 0 Å². The Morgan fingerprint density at radius 3 is 2.42 bits per heavy atom. The van der Waals surface area contributed by atoms with Crippen molar-refractivity contribution in [2.75, 3.05) is 5.43 Å². The molecule has 0 spiro atoms. The van der Waals surface area contributed by atoms with Gasteiger partial charge in [0.05, 0.1) is 34.5 Å². The van der Waals surface area contributed by atoms with Gasteiger partial charge in [-0.15, -0.1) is 0 Å². The molecule has 16 heteroatoms. The lowest BCUT2D eigenvalue weighted by atomic mass is 9.53. The highest BCUT2D eigenvalue weighted by Gasteiger charge is 2.69. The molecule has 0 bridgehead atoms. The van der Waals surface area contributed by atoms with Crippen LogP contribution in [0.15, 0.2) is 76.0 Å². The molecule has 4 aromatic rings. The molecule has 2 aromatic heterocycles. The summed E-state index contributed by atoms with van der Waals surface area (Å²) in [6.45, 7) is 1.65. The summed E-state index contributed by atoms with van der Waals surface area (Å²) in [5.74, 6) is -4.40. The lowest BCUT2D eigenvalue weighted by molar-refractivity contribution is -0.139. The van der Waals surface area contributed by atoms with Crippen LogP contribution in [0.25, 0.3) is 0 Å². The van der Waals surface area contributed by atoms with Crippen molar-refractivity contribution in [3.05, 3.63) is 120 Å². The largest absolute Gasteiger partial charge is 0.507 e. The van der Waals surface area contributed by atoms with Gasteiger partial charge in [-0.05, 0) is 48.2 Å². The van der Waals surface area contributed by atoms with E-state index in [1.807, 2.05) is 0 Å². The SMILES string of the molecule is Cc1cccc([C@H]2C3=CCn4c(=O)n(C)c(=O)n4[C@@H]3C[C@H]3C(=O)N(Nc4ncc(C(F)(F)F)cc4Cl)C(=O)[C@@]23c2ccc(Cl)cc2)c1O. The number of aromatic nitrogens is 4. The van der Waals surface area contributed by atoms with Gasteiger partial charge in [0, 0.05) is 29.7 Å². The fourth-order valence-corrected chi connectivity index (χ4v) is 7.75. The predicted molar refractivity (Wildman–Crippen MR) is 168 cm³/mol. The lowest BCUT2D eigenvalue weighted by Crippen LogP contribution is -2.53. The Bertz CT molecular complexity index is 2190. The summed E-state index contributed by atoms with van der Waals surface area (Å²) < 4.78 is 43.5. The summed E-state index contributed by atoms with van der Waals surface area (Å²) in [4.78, 5) is 59.8. The summed E-state index contributed by atoms with van der Waals surface area (Å²) in [7, 11) is 1.34. The average Bonchev–Trinajstić information content (AvgIpc) is 3.39. The maximum Gasteiger partial charge on any atom is 0.417 e. The topological polar surface area (TPSA) is 131 Å². The van der Waals surface area contributed by atoms with Crippen LogP contribution in [-0.4, -0.2) is 40.8 Å². The Balaban J connectivity index is 1.48. The van der Waals surface area contributed by atoms with Crippen LogP contribution in [0.5, 0.6) is 5.75 Å². The van der Waals surface area contributed by atoms with Gasteiger partial charge in [-0.25, -0.2) is 28.5 Å². The number of pyridine rings is 1. The molecule has 248 valence electrons. The van der Waals surface area contributed by atoms with E-state index in [-0.39, 0.29) is 24.5 Å². The first-order valence-corrected chi connectivity index (χ1v) is 15.4. The highest BCUT2D eigenvalue weighted by atomic mass is 35.5. The summed E-state index contributed by atoms with van der Waals surface area (Å²) in [6.07, 6.45) is -2.62. The van der Waals surface area contributed by atoms with Crippen LogP contribution in [0.2, 0.25) is 10.0 Å². The van der Waals surface area contributed by atoms with Crippen LogP contribution in [0.3, 0.4) is 0 Å². The minimum absolute atomic E-state index is 0.0274. The van der Waals surface area contributed by atoms with Crippen LogP contribution >= 0.6 is 23.2 Å². The highest BCUT2D eigenvalue weighted by molar-refractivity contribution is 6.33. The zero-order valence-electron chi connectivity index (χ0n) is 25.1. The third-order valence-corrected chi connectivity index (χ3v) is 10.1. The van der Waals surface area contributed by atoms with E-state index in [4.69, 9.17) is 23.2 Å². The van der Waals surface area contributed by atoms with Crippen LogP contribution in [0, 0.1) is 12.8 Å². The van der Waals surface area contributed by atoms with Gasteiger partial charge in [-0.3, -0.25) is 15.0 Å². The second-order valence-corrected chi connectivity index (χ2v) is 12.9. The molecule has 4 atom stereocenters. The number of anilines is 1. The van der Waals surface area contributed by atoms with Gasteiger partial charge in [0.2, 0.25) is 0 Å². The molecular formula is C32H25Cl2F3N6O5. The van der Waals surface area contributed by atoms with E-state index >= 15 is 4.79 Å². The third kappa shape index (κ3) is 4.38. The van der Waals surface area contributed by atoms with E-state index in [9.17, 15) is 32.7 Å². The number of amides is 2. The second kappa shape index (κ2) is 10.9. The number of fused-ring (bicyclic) bond motifs is 4. The van der Waals surface area contributed by atoms with Gasteiger partial charge in [-0.2, -0.15) is 18.2 Å². The number of hydrazine groups is 1. The number of benzene rings is 2. The standard InChI is InChI=1S/C32H25Cl2F3N6O5/c1-15-4-3-5-20(25(15)44)24-19-10-11-41-29(47)40(2)30(48)43(41)23(19)13-21-27(45)42(28(46)31(21,24)16-6-8-18(33)9-7-16)39-26-22(34)12-17(14-38-26)32(35,36)37/h3-10,12,14,21,23-24,44H,11,13H2,1-2H3,(H,38,39)/t21-,23+,24+,31+/m0/s1. The molecule has 2 N–H and O–H groups in total. The number of hydrogen-bond donors (Lipinski definition) is 2. The number of rotatable bonds is 4. The van der Waals surface area contributed by atoms with Crippen molar-refractivity contribution < 1.29 is 27.9 Å². The van der Waals surface area contributed by atoms with Gasteiger partial charge < -0.3 is 5.11 Å². The number of imide groups is 1. The summed E-state index contributed by atoms with van der Waals surface area (Å²) in [5.41, 5.74) is 0.104. The molecule has 3 aliphatic rings. The Morgan fingerprint density at radius 2 is 1.75 bits per heavy atom. The molecule has 1 aliphatic carbocycles. The molecule has 2 fully saturated rings. The first kappa shape index (κ1) is 31.8. The number of nitrogens with one attached hydrogen (secondary N) is 1. The Hall–Kier alpha value is -4.82. The number of carbonyl (C=O) groups excluding carboxylic acids is 2. The van der Waals surface area contributed by atoms with Gasteiger partial charge in [0.15, 0.2) is 5.82 Å². The number of nitrogens with zero attached hydrogens (tertiary/aromatic N) is 5. The number of phenols is 1. The van der Waals surface area contributed by atoms with Crippen LogP contribution in [-0.2, 0) is 34.8 Å². The van der Waals surface area contributed by atoms with E-state index in [1.54, 1.807) is 55.5 Å². The predicted octanol–water partition coefficient (Wildman–Crippen LogP) is 4.70. The smallest absolute Gasteiger partial charge is 0.417 e. The number of para-hydroxylation sites is 1. The molecule has 2 aliphatic heterocycles. The number of aryl methyl sites for hydroxylation is 1. The summed E-state index contributed by atoms with van der Waals surface area (Å²) in [6, 6.07) is 11.0. The Kier molecular flexibility index (Phi) is 7.18. The molecule has 11 nitrogen and oxygen atoms in total. The fourth-order valence-electron chi connectivity index (χ4n) is 7.41. The van der Waals surface area contributed by atoms with Crippen molar-refractivity contribution in [2.45, 2.75) is 43.4 Å². The van der Waals surface area contributed by atoms with E-state index in [0.717, 1.165) is 4.57 Å². The number of hydrogen-bond acceptors (Lipinski definition) is 7. The number of aromatic hydroxyl groups is 1. The van der Waals surface area contributed by atoms with Gasteiger partial charge in [0.1, 0.15) is 5.75 Å². The zero-order valence-corrected chi connectivity index (χ0v) is 26.6. The maximum absolute atomic E-state index is 15.0. The molecular weight excluding hydrogens is 676 g/mol. The quantitative estimate of drug-likeness (QED) is 0.233. The number of carbonyl (C=O) groups is 2. The Morgan fingerprint density at radius 1 is 1.04 bits per heavy atom. The van der Waals surface area contributed by atoms with E-state index in [2.05, 4.69) is 10.4 Å². The molecule has 0 unspecified atom stereocenters. The van der Waals surface area contributed by atoms with Crippen molar-refractivity contribution >= 4 is 40.8 Å². The van der Waals surface area contributed by atoms with Crippen molar-refractivity contribution in [1.29, 1.82) is 0 Å². The van der Waals surface area contributed by atoms with Crippen LogP contribution in [0.1, 0.15) is 40.6 Å². The van der Waals surface area contributed by atoms with E-state index < -0.39 is 63.2 Å². The summed E-state index contributed by atoms with van der Waals surface area (Å²) in [5, 5.41) is 12.1. The normalized spacial score (nSPS) is 23.4. The maximum atomic E-state index is 15.0. The molecule has 2 amide bonds. The molecule has 1 saturated carbocycles. The first-order valence-electron chi connectivity index (χ1n) is 14.7. The number of alkyl halides is 3. The Labute approximate surface area is 279 Å². The van der Waals surface area contributed by atoms with Gasteiger partial charge in [0.25, 0.3) is 11.8 Å². The number of phenolic OH excluding ortho intramolecular Hbond substituents is 1. The van der Waals surface area contributed by atoms with Crippen molar-refractivity contribution in [3.8, 4) is 5.75 Å². The molecule has 0 radical (unpaired) electrons. The minimum atomic E-state index is -4.74. The first-order chi connectivity index (χ1) is 22.7. The van der Waals surface area contributed by atoms with Crippen LogP contribution in [0.4, 0.5) is 19.0 Å². The van der Waals surface area contributed by atoms with Crippen molar-refractivity contribution in [2.24, 2.45) is 13.0 Å². The molecule has 48 heavy (non-hydrogen) atoms. The number of allylic oxidation sites excluding steroid dienone is 2. The zero-order chi connectivity index (χ0) is 34.4. The van der Waals surface area contributed by atoms with E-state index in [1.165, 1.54) is 16.4 Å². The average molecular weight is 701 g/mol. The lowest BCUT2D eigenvalue weighted by Gasteiger charge is -2.49. The molecule has 7 rings (SSSR count). The third-order valence-electron chi connectivity index (χ3n) is 9.59. The van der Waals surface area contributed by atoms with Gasteiger partial charge >= 0.3 is 17.6 Å².